The van der Waals surface area contributed by atoms with Gasteiger partial charge in [-0.15, -0.1) is 5.10 Å². The van der Waals surface area contributed by atoms with Crippen LogP contribution in [0.5, 0.6) is 0 Å². The summed E-state index contributed by atoms with van der Waals surface area (Å²) in [4.78, 5) is 29.3. The summed E-state index contributed by atoms with van der Waals surface area (Å²) in [6.45, 7) is 2.38. The van der Waals surface area contributed by atoms with Crippen molar-refractivity contribution in [3.63, 3.8) is 0 Å². The summed E-state index contributed by atoms with van der Waals surface area (Å²) in [6.07, 6.45) is 7.47. The van der Waals surface area contributed by atoms with Gasteiger partial charge in [0.25, 0.3) is 5.91 Å². The molecule has 0 aliphatic heterocycles. The van der Waals surface area contributed by atoms with E-state index < -0.39 is 6.04 Å². The lowest BCUT2D eigenvalue weighted by atomic mass is 9.95. The Morgan fingerprint density at radius 1 is 1.08 bits per heavy atom. The maximum atomic E-state index is 13.9. The van der Waals surface area contributed by atoms with Gasteiger partial charge in [0, 0.05) is 12.6 Å². The van der Waals surface area contributed by atoms with Gasteiger partial charge in [0.2, 0.25) is 5.91 Å². The summed E-state index contributed by atoms with van der Waals surface area (Å²) in [7, 11) is 0. The first-order valence-corrected chi connectivity index (χ1v) is 13.1. The minimum absolute atomic E-state index is 0.0255. The zero-order chi connectivity index (χ0) is 25.6. The standard InChI is InChI=1S/C29H33N5O3/c1-21-9-7-10-22(19-21)16-17-33(27(35)20-34-25-14-6-5-13-24(25)31-32-34)28(26-15-8-18-37-26)29(36)30-23-11-3-2-4-12-23/h5-10,13-15,18-19,23,28H,2-4,11-12,16-17,20H2,1H3,(H,30,36)/t28-/m1/s1. The van der Waals surface area contributed by atoms with Crippen LogP contribution in [-0.2, 0) is 22.6 Å². The predicted octanol–water partition coefficient (Wildman–Crippen LogP) is 4.59. The van der Waals surface area contributed by atoms with Crippen LogP contribution in [0.4, 0.5) is 0 Å². The van der Waals surface area contributed by atoms with Gasteiger partial charge in [-0.25, -0.2) is 4.68 Å². The number of para-hydroxylation sites is 1. The van der Waals surface area contributed by atoms with Crippen molar-refractivity contribution in [2.45, 2.75) is 64.1 Å². The van der Waals surface area contributed by atoms with Crippen LogP contribution in [-0.4, -0.2) is 44.3 Å². The van der Waals surface area contributed by atoms with Gasteiger partial charge in [-0.05, 0) is 56.0 Å². The number of fused-ring (bicyclic) bond motifs is 1. The van der Waals surface area contributed by atoms with Crippen molar-refractivity contribution in [3.8, 4) is 0 Å². The van der Waals surface area contributed by atoms with E-state index in [1.807, 2.05) is 49.4 Å². The second kappa shape index (κ2) is 11.4. The van der Waals surface area contributed by atoms with E-state index in [-0.39, 0.29) is 24.4 Å². The number of hydrogen-bond donors (Lipinski definition) is 1. The number of hydrogen-bond acceptors (Lipinski definition) is 5. The topological polar surface area (TPSA) is 93.3 Å². The molecule has 8 nitrogen and oxygen atoms in total. The number of furan rings is 1. The third-order valence-corrected chi connectivity index (χ3v) is 7.07. The van der Waals surface area contributed by atoms with Gasteiger partial charge in [-0.2, -0.15) is 0 Å². The van der Waals surface area contributed by atoms with Gasteiger partial charge in [0.05, 0.1) is 11.8 Å². The molecule has 0 spiro atoms. The molecule has 1 aliphatic carbocycles. The van der Waals surface area contributed by atoms with E-state index in [2.05, 4.69) is 21.7 Å². The third-order valence-electron chi connectivity index (χ3n) is 7.07. The van der Waals surface area contributed by atoms with E-state index in [0.29, 0.717) is 18.7 Å². The van der Waals surface area contributed by atoms with Crippen molar-refractivity contribution in [1.29, 1.82) is 0 Å². The zero-order valence-corrected chi connectivity index (χ0v) is 21.2. The Labute approximate surface area is 216 Å². The summed E-state index contributed by atoms with van der Waals surface area (Å²) < 4.78 is 7.32. The Morgan fingerprint density at radius 3 is 2.70 bits per heavy atom. The SMILES string of the molecule is Cc1cccc(CCN(C(=O)Cn2nnc3ccccc32)[C@@H](C(=O)NC2CCCCC2)c2ccco2)c1. The highest BCUT2D eigenvalue weighted by molar-refractivity contribution is 5.89. The van der Waals surface area contributed by atoms with Gasteiger partial charge < -0.3 is 14.6 Å². The van der Waals surface area contributed by atoms with Crippen molar-refractivity contribution in [2.24, 2.45) is 0 Å². The summed E-state index contributed by atoms with van der Waals surface area (Å²) in [5, 5.41) is 11.6. The predicted molar refractivity (Wildman–Crippen MR) is 141 cm³/mol. The highest BCUT2D eigenvalue weighted by Crippen LogP contribution is 2.26. The number of amides is 2. The van der Waals surface area contributed by atoms with Gasteiger partial charge in [-0.1, -0.05) is 66.4 Å². The van der Waals surface area contributed by atoms with Gasteiger partial charge in [0.1, 0.15) is 17.8 Å². The molecular weight excluding hydrogens is 466 g/mol. The van der Waals surface area contributed by atoms with Gasteiger partial charge in [-0.3, -0.25) is 9.59 Å². The lowest BCUT2D eigenvalue weighted by Crippen LogP contribution is -2.48. The van der Waals surface area contributed by atoms with Crippen LogP contribution >= 0.6 is 0 Å². The molecule has 2 amide bonds. The summed E-state index contributed by atoms with van der Waals surface area (Å²) in [5.41, 5.74) is 3.76. The Balaban J connectivity index is 1.44. The lowest BCUT2D eigenvalue weighted by Gasteiger charge is -2.32. The van der Waals surface area contributed by atoms with Crippen LogP contribution in [0.3, 0.4) is 0 Å². The van der Waals surface area contributed by atoms with Crippen LogP contribution in [0.25, 0.3) is 11.0 Å². The Hall–Kier alpha value is -3.94. The fraction of sp³-hybridized carbons (Fsp3) is 0.379. The maximum Gasteiger partial charge on any atom is 0.250 e. The lowest BCUT2D eigenvalue weighted by molar-refractivity contribution is -0.142. The van der Waals surface area contributed by atoms with Crippen LogP contribution in [0.15, 0.2) is 71.3 Å². The molecule has 0 unspecified atom stereocenters. The number of nitrogens with one attached hydrogen (secondary N) is 1. The number of carbonyl (C=O) groups excluding carboxylic acids is 2. The maximum absolute atomic E-state index is 13.9. The van der Waals surface area contributed by atoms with Crippen molar-refractivity contribution in [1.82, 2.24) is 25.2 Å². The second-order valence-electron chi connectivity index (χ2n) is 9.82. The first kappa shape index (κ1) is 24.7. The monoisotopic (exact) mass is 499 g/mol. The van der Waals surface area contributed by atoms with Gasteiger partial charge in [0.15, 0.2) is 6.04 Å². The molecule has 2 heterocycles. The van der Waals surface area contributed by atoms with Crippen LogP contribution in [0.1, 0.15) is 55.0 Å². The average molecular weight is 500 g/mol. The molecule has 1 aliphatic rings. The fourth-order valence-electron chi connectivity index (χ4n) is 5.17. The second-order valence-corrected chi connectivity index (χ2v) is 9.82. The van der Waals surface area contributed by atoms with Crippen molar-refractivity contribution >= 4 is 22.8 Å². The first-order chi connectivity index (χ1) is 18.1. The normalized spacial score (nSPS) is 14.9. The van der Waals surface area contributed by atoms with Crippen molar-refractivity contribution < 1.29 is 14.0 Å². The highest BCUT2D eigenvalue weighted by Gasteiger charge is 2.35. The number of aromatic nitrogens is 3. The van der Waals surface area contributed by atoms with Crippen molar-refractivity contribution in [2.75, 3.05) is 6.54 Å². The number of rotatable bonds is 9. The van der Waals surface area contributed by atoms with Crippen LogP contribution in [0, 0.1) is 6.92 Å². The molecule has 192 valence electrons. The molecule has 0 radical (unpaired) electrons. The Bertz CT molecular complexity index is 1340. The molecular formula is C29H33N5O3. The molecule has 1 N–H and O–H groups in total. The fourth-order valence-corrected chi connectivity index (χ4v) is 5.17. The molecule has 0 bridgehead atoms. The molecule has 2 aromatic heterocycles. The molecule has 1 atom stereocenters. The quantitative estimate of drug-likeness (QED) is 0.363. The highest BCUT2D eigenvalue weighted by atomic mass is 16.3. The van der Waals surface area contributed by atoms with Crippen LogP contribution in [0.2, 0.25) is 0 Å². The van der Waals surface area contributed by atoms with Crippen LogP contribution < -0.4 is 5.32 Å². The molecule has 0 saturated heterocycles. The molecule has 2 aromatic carbocycles. The van der Waals surface area contributed by atoms with Crippen molar-refractivity contribution in [3.05, 3.63) is 83.8 Å². The molecule has 1 saturated carbocycles. The molecule has 1 fully saturated rings. The third kappa shape index (κ3) is 5.90. The minimum atomic E-state index is -0.871. The molecule has 37 heavy (non-hydrogen) atoms. The van der Waals surface area contributed by atoms with E-state index in [1.165, 1.54) is 6.42 Å². The van der Waals surface area contributed by atoms with E-state index in [1.54, 1.807) is 28.0 Å². The average Bonchev–Trinajstić information content (AvgIpc) is 3.58. The van der Waals surface area contributed by atoms with E-state index in [9.17, 15) is 9.59 Å². The smallest absolute Gasteiger partial charge is 0.250 e. The summed E-state index contributed by atoms with van der Waals surface area (Å²) in [6, 6.07) is 18.5. The number of aryl methyl sites for hydroxylation is 1. The first-order valence-electron chi connectivity index (χ1n) is 13.1. The van der Waals surface area contributed by atoms with E-state index >= 15 is 0 Å². The minimum Gasteiger partial charge on any atom is -0.467 e. The number of nitrogens with zero attached hydrogens (tertiary/aromatic N) is 4. The summed E-state index contributed by atoms with van der Waals surface area (Å²) in [5.74, 6) is 0.0285. The zero-order valence-electron chi connectivity index (χ0n) is 21.2. The number of benzene rings is 2. The molecule has 8 heteroatoms. The molecule has 5 rings (SSSR count). The van der Waals surface area contributed by atoms with E-state index in [0.717, 1.165) is 47.8 Å². The number of carbonyl (C=O) groups is 2. The Morgan fingerprint density at radius 2 is 1.92 bits per heavy atom. The Kier molecular flexibility index (Phi) is 7.63. The molecule has 4 aromatic rings. The van der Waals surface area contributed by atoms with Gasteiger partial charge >= 0.3 is 0 Å². The van der Waals surface area contributed by atoms with E-state index in [4.69, 9.17) is 4.42 Å². The summed E-state index contributed by atoms with van der Waals surface area (Å²) >= 11 is 0. The largest absolute Gasteiger partial charge is 0.467 e.